The third kappa shape index (κ3) is 3.36. The van der Waals surface area contributed by atoms with Crippen LogP contribution in [-0.2, 0) is 13.2 Å². The molecule has 0 aliphatic rings. The van der Waals surface area contributed by atoms with E-state index in [2.05, 4.69) is 15.9 Å². The average Bonchev–Trinajstić information content (AvgIpc) is 2.45. The third-order valence-corrected chi connectivity index (χ3v) is 3.35. The third-order valence-electron chi connectivity index (χ3n) is 2.74. The maximum atomic E-state index is 13.7. The van der Waals surface area contributed by atoms with Gasteiger partial charge in [0.2, 0.25) is 0 Å². The van der Waals surface area contributed by atoms with Gasteiger partial charge in [-0.3, -0.25) is 0 Å². The number of benzene rings is 2. The van der Waals surface area contributed by atoms with Crippen LogP contribution in [0, 0.1) is 23.3 Å². The van der Waals surface area contributed by atoms with Crippen molar-refractivity contribution in [3.63, 3.8) is 0 Å². The van der Waals surface area contributed by atoms with Crippen molar-refractivity contribution in [1.29, 1.82) is 0 Å². The topological polar surface area (TPSA) is 29.5 Å². The van der Waals surface area contributed by atoms with Crippen LogP contribution >= 0.6 is 15.9 Å². The molecule has 0 fully saturated rings. The van der Waals surface area contributed by atoms with Gasteiger partial charge in [0.05, 0.1) is 16.6 Å². The van der Waals surface area contributed by atoms with Gasteiger partial charge in [-0.25, -0.2) is 17.6 Å². The van der Waals surface area contributed by atoms with Crippen LogP contribution in [0.1, 0.15) is 11.1 Å². The molecule has 0 aromatic heterocycles. The molecule has 0 saturated heterocycles. The zero-order chi connectivity index (χ0) is 15.6. The first-order valence-corrected chi connectivity index (χ1v) is 6.57. The molecule has 0 radical (unpaired) electrons. The van der Waals surface area contributed by atoms with E-state index in [1.807, 2.05) is 0 Å². The van der Waals surface area contributed by atoms with Gasteiger partial charge in [-0.05, 0) is 45.8 Å². The first-order valence-electron chi connectivity index (χ1n) is 5.78. The maximum Gasteiger partial charge on any atom is 0.191 e. The Hall–Kier alpha value is -1.60. The Bertz CT molecular complexity index is 653. The minimum absolute atomic E-state index is 0.0130. The molecule has 0 spiro atoms. The summed E-state index contributed by atoms with van der Waals surface area (Å²) in [6.45, 7) is -1.22. The SMILES string of the molecule is OCc1cc(F)c(OCc2c(F)ccc(Br)c2F)c(F)c1. The zero-order valence-corrected chi connectivity index (χ0v) is 12.1. The van der Waals surface area contributed by atoms with Gasteiger partial charge in [0.1, 0.15) is 18.2 Å². The lowest BCUT2D eigenvalue weighted by Crippen LogP contribution is -2.05. The van der Waals surface area contributed by atoms with Gasteiger partial charge in [-0.15, -0.1) is 0 Å². The molecule has 0 saturated carbocycles. The average molecular weight is 365 g/mol. The number of rotatable bonds is 4. The van der Waals surface area contributed by atoms with Crippen LogP contribution < -0.4 is 4.74 Å². The normalized spacial score (nSPS) is 10.8. The minimum atomic E-state index is -1.06. The van der Waals surface area contributed by atoms with Gasteiger partial charge in [-0.2, -0.15) is 0 Å². The van der Waals surface area contributed by atoms with Crippen LogP contribution in [0.2, 0.25) is 0 Å². The molecule has 2 rings (SSSR count). The van der Waals surface area contributed by atoms with Crippen molar-refractivity contribution in [3.8, 4) is 5.75 Å². The fourth-order valence-electron chi connectivity index (χ4n) is 1.69. The van der Waals surface area contributed by atoms with Gasteiger partial charge in [-0.1, -0.05) is 0 Å². The van der Waals surface area contributed by atoms with E-state index in [9.17, 15) is 17.6 Å². The number of hydrogen-bond donors (Lipinski definition) is 1. The molecule has 0 aliphatic carbocycles. The molecule has 7 heteroatoms. The molecule has 2 aromatic rings. The van der Waals surface area contributed by atoms with Crippen LogP contribution in [-0.4, -0.2) is 5.11 Å². The van der Waals surface area contributed by atoms with Crippen LogP contribution in [0.5, 0.6) is 5.75 Å². The Balaban J connectivity index is 2.27. The molecule has 2 nitrogen and oxygen atoms in total. The van der Waals surface area contributed by atoms with Gasteiger partial charge in [0, 0.05) is 0 Å². The monoisotopic (exact) mass is 364 g/mol. The van der Waals surface area contributed by atoms with E-state index in [0.717, 1.165) is 18.2 Å². The molecular formula is C14H9BrF4O2. The van der Waals surface area contributed by atoms with Crippen LogP contribution in [0.4, 0.5) is 17.6 Å². The van der Waals surface area contributed by atoms with E-state index in [1.165, 1.54) is 6.07 Å². The van der Waals surface area contributed by atoms with E-state index >= 15 is 0 Å². The summed E-state index contributed by atoms with van der Waals surface area (Å²) in [5, 5.41) is 8.81. The quantitative estimate of drug-likeness (QED) is 0.654. The molecule has 0 heterocycles. The lowest BCUT2D eigenvalue weighted by atomic mass is 10.2. The van der Waals surface area contributed by atoms with E-state index < -0.39 is 47.8 Å². The zero-order valence-electron chi connectivity index (χ0n) is 10.5. The Morgan fingerprint density at radius 2 is 1.62 bits per heavy atom. The molecule has 2 aromatic carbocycles. The predicted octanol–water partition coefficient (Wildman–Crippen LogP) is 4.08. The largest absolute Gasteiger partial charge is 0.483 e. The summed E-state index contributed by atoms with van der Waals surface area (Å²) < 4.78 is 59.3. The molecule has 0 unspecified atom stereocenters. The second-order valence-electron chi connectivity index (χ2n) is 4.16. The van der Waals surface area contributed by atoms with Crippen molar-refractivity contribution < 1.29 is 27.4 Å². The molecular weight excluding hydrogens is 356 g/mol. The molecule has 0 amide bonds. The molecule has 0 bridgehead atoms. The van der Waals surface area contributed by atoms with E-state index in [4.69, 9.17) is 9.84 Å². The highest BCUT2D eigenvalue weighted by Crippen LogP contribution is 2.27. The van der Waals surface area contributed by atoms with Crippen molar-refractivity contribution in [1.82, 2.24) is 0 Å². The van der Waals surface area contributed by atoms with E-state index in [-0.39, 0.29) is 10.0 Å². The highest BCUT2D eigenvalue weighted by Gasteiger charge is 2.17. The maximum absolute atomic E-state index is 13.7. The highest BCUT2D eigenvalue weighted by molar-refractivity contribution is 9.10. The van der Waals surface area contributed by atoms with Crippen molar-refractivity contribution >= 4 is 15.9 Å². The Morgan fingerprint density at radius 1 is 1.00 bits per heavy atom. The second kappa shape index (κ2) is 6.44. The van der Waals surface area contributed by atoms with Gasteiger partial charge < -0.3 is 9.84 Å². The van der Waals surface area contributed by atoms with Crippen LogP contribution in [0.25, 0.3) is 0 Å². The van der Waals surface area contributed by atoms with Gasteiger partial charge in [0.15, 0.2) is 17.4 Å². The van der Waals surface area contributed by atoms with Crippen molar-refractivity contribution in [3.05, 3.63) is 63.1 Å². The number of aliphatic hydroxyl groups excluding tert-OH is 1. The lowest BCUT2D eigenvalue weighted by Gasteiger charge is -2.11. The van der Waals surface area contributed by atoms with Gasteiger partial charge in [0.25, 0.3) is 0 Å². The Morgan fingerprint density at radius 3 is 2.19 bits per heavy atom. The van der Waals surface area contributed by atoms with Crippen molar-refractivity contribution in [2.45, 2.75) is 13.2 Å². The summed E-state index contributed by atoms with van der Waals surface area (Å²) in [6.07, 6.45) is 0. The van der Waals surface area contributed by atoms with Gasteiger partial charge >= 0.3 is 0 Å². The standard InChI is InChI=1S/C14H9BrF4O2/c15-9-1-2-10(16)8(13(9)19)6-21-14-11(17)3-7(5-20)4-12(14)18/h1-4,20H,5-6H2. The second-order valence-corrected chi connectivity index (χ2v) is 5.01. The summed E-state index contributed by atoms with van der Waals surface area (Å²) in [6, 6.07) is 3.94. The summed E-state index contributed by atoms with van der Waals surface area (Å²) in [4.78, 5) is 0. The molecule has 1 N–H and O–H groups in total. The van der Waals surface area contributed by atoms with E-state index in [0.29, 0.717) is 0 Å². The molecule has 21 heavy (non-hydrogen) atoms. The Labute approximate surface area is 126 Å². The first-order chi connectivity index (χ1) is 9.93. The molecule has 0 atom stereocenters. The fourth-order valence-corrected chi connectivity index (χ4v) is 2.06. The van der Waals surface area contributed by atoms with Crippen LogP contribution in [0.15, 0.2) is 28.7 Å². The van der Waals surface area contributed by atoms with Crippen molar-refractivity contribution in [2.75, 3.05) is 0 Å². The number of aliphatic hydroxyl groups is 1. The summed E-state index contributed by atoms with van der Waals surface area (Å²) in [7, 11) is 0. The first kappa shape index (κ1) is 15.8. The number of halogens is 5. The van der Waals surface area contributed by atoms with Crippen LogP contribution in [0.3, 0.4) is 0 Å². The summed E-state index contributed by atoms with van der Waals surface area (Å²) >= 11 is 2.88. The smallest absolute Gasteiger partial charge is 0.191 e. The fraction of sp³-hybridized carbons (Fsp3) is 0.143. The summed E-state index contributed by atoms with van der Waals surface area (Å²) in [5.41, 5.74) is -0.424. The Kier molecular flexibility index (Phi) is 4.84. The molecule has 0 aliphatic heterocycles. The minimum Gasteiger partial charge on any atom is -0.483 e. The number of ether oxygens (including phenoxy) is 1. The van der Waals surface area contributed by atoms with Crippen molar-refractivity contribution in [2.24, 2.45) is 0 Å². The lowest BCUT2D eigenvalue weighted by molar-refractivity contribution is 0.259. The van der Waals surface area contributed by atoms with E-state index in [1.54, 1.807) is 0 Å². The predicted molar refractivity (Wildman–Crippen MR) is 70.7 cm³/mol. The molecule has 112 valence electrons. The number of hydrogen-bond acceptors (Lipinski definition) is 2. The summed E-state index contributed by atoms with van der Waals surface area (Å²) in [5.74, 6) is -4.66. The highest BCUT2D eigenvalue weighted by atomic mass is 79.9.